The van der Waals surface area contributed by atoms with Gasteiger partial charge < -0.3 is 20.1 Å². The highest BCUT2D eigenvalue weighted by atomic mass is 16.4. The quantitative estimate of drug-likeness (QED) is 0.874. The third kappa shape index (κ3) is 6.89. The Balaban J connectivity index is 0.000000221. The monoisotopic (exact) mass is 278 g/mol. The third-order valence-electron chi connectivity index (χ3n) is 2.93. The Bertz CT molecular complexity index is 400. The van der Waals surface area contributed by atoms with E-state index in [-0.39, 0.29) is 18.6 Å². The Morgan fingerprint density at radius 3 is 2.20 bits per heavy atom. The number of aliphatic carboxylic acids is 1. The number of ketones is 1. The van der Waals surface area contributed by atoms with Gasteiger partial charge in [-0.05, 0) is 19.1 Å². The van der Waals surface area contributed by atoms with Gasteiger partial charge in [-0.15, -0.1) is 0 Å². The number of nitrogens with zero attached hydrogens (tertiary/aromatic N) is 1. The van der Waals surface area contributed by atoms with Gasteiger partial charge in [-0.1, -0.05) is 18.2 Å². The van der Waals surface area contributed by atoms with E-state index in [1.165, 1.54) is 12.6 Å². The lowest BCUT2D eigenvalue weighted by atomic mass is 10.2. The summed E-state index contributed by atoms with van der Waals surface area (Å²) in [6, 6.07) is 10.6. The predicted molar refractivity (Wildman–Crippen MR) is 79.1 cm³/mol. The van der Waals surface area contributed by atoms with Crippen molar-refractivity contribution in [2.24, 2.45) is 0 Å². The van der Waals surface area contributed by atoms with Gasteiger partial charge in [-0.2, -0.15) is 0 Å². The van der Waals surface area contributed by atoms with Crippen molar-refractivity contribution in [2.75, 3.05) is 31.1 Å². The Labute approximate surface area is 119 Å². The lowest BCUT2D eigenvalue weighted by molar-refractivity contribution is -0.138. The zero-order valence-electron chi connectivity index (χ0n) is 11.8. The number of carbonyl (C=O) groups excluding carboxylic acids is 1. The van der Waals surface area contributed by atoms with Crippen LogP contribution in [-0.2, 0) is 9.59 Å². The second kappa shape index (κ2) is 9.09. The molecule has 1 heterocycles. The van der Waals surface area contributed by atoms with Crippen LogP contribution in [0.5, 0.6) is 0 Å². The van der Waals surface area contributed by atoms with E-state index in [0.717, 1.165) is 26.2 Å². The zero-order valence-corrected chi connectivity index (χ0v) is 11.8. The first-order valence-electron chi connectivity index (χ1n) is 6.81. The number of piperazine rings is 1. The molecule has 1 aliphatic rings. The number of hydrogen-bond acceptors (Lipinski definition) is 4. The van der Waals surface area contributed by atoms with Gasteiger partial charge >= 0.3 is 5.97 Å². The highest BCUT2D eigenvalue weighted by molar-refractivity contribution is 5.80. The minimum Gasteiger partial charge on any atom is -0.481 e. The number of hydrogen-bond donors (Lipinski definition) is 2. The van der Waals surface area contributed by atoms with Crippen molar-refractivity contribution in [1.82, 2.24) is 5.32 Å². The standard InChI is InChI=1S/C10H14N2.C5H8O3/c1-2-4-10(5-3-1)12-8-6-11-7-9-12;1-4(6)2-3-5(7)8/h1-5,11H,6-9H2;2-3H2,1H3,(H,7,8). The van der Waals surface area contributed by atoms with Crippen molar-refractivity contribution in [3.05, 3.63) is 30.3 Å². The Hall–Kier alpha value is -1.88. The second-order valence-electron chi connectivity index (χ2n) is 4.67. The van der Waals surface area contributed by atoms with Crippen LogP contribution in [0, 0.1) is 0 Å². The lowest BCUT2D eigenvalue weighted by Crippen LogP contribution is -2.43. The fraction of sp³-hybridized carbons (Fsp3) is 0.467. The number of rotatable bonds is 4. The third-order valence-corrected chi connectivity index (χ3v) is 2.93. The molecule has 1 aromatic carbocycles. The normalized spacial score (nSPS) is 14.2. The molecule has 0 bridgehead atoms. The summed E-state index contributed by atoms with van der Waals surface area (Å²) in [5.74, 6) is -0.993. The van der Waals surface area contributed by atoms with E-state index >= 15 is 0 Å². The molecule has 0 amide bonds. The molecule has 0 radical (unpaired) electrons. The smallest absolute Gasteiger partial charge is 0.303 e. The van der Waals surface area contributed by atoms with Gasteiger partial charge in [0.1, 0.15) is 5.78 Å². The molecule has 5 nitrogen and oxygen atoms in total. The Morgan fingerprint density at radius 2 is 1.75 bits per heavy atom. The van der Waals surface area contributed by atoms with Crippen LogP contribution < -0.4 is 10.2 Å². The predicted octanol–water partition coefficient (Wildman–Crippen LogP) is 1.54. The SMILES string of the molecule is CC(=O)CCC(=O)O.c1ccc(N2CCNCC2)cc1. The fourth-order valence-electron chi connectivity index (χ4n) is 1.84. The van der Waals surface area contributed by atoms with Crippen LogP contribution in [0.4, 0.5) is 5.69 Å². The molecule has 1 aliphatic heterocycles. The molecule has 0 aromatic heterocycles. The van der Waals surface area contributed by atoms with Crippen molar-refractivity contribution in [2.45, 2.75) is 19.8 Å². The van der Waals surface area contributed by atoms with Crippen LogP contribution in [0.15, 0.2) is 30.3 Å². The summed E-state index contributed by atoms with van der Waals surface area (Å²) in [5.41, 5.74) is 1.35. The number of anilines is 1. The summed E-state index contributed by atoms with van der Waals surface area (Å²) >= 11 is 0. The summed E-state index contributed by atoms with van der Waals surface area (Å²) in [4.78, 5) is 22.2. The summed E-state index contributed by atoms with van der Waals surface area (Å²) in [6.07, 6.45) is 0.102. The average Bonchev–Trinajstić information content (AvgIpc) is 2.48. The van der Waals surface area contributed by atoms with Crippen molar-refractivity contribution in [3.8, 4) is 0 Å². The van der Waals surface area contributed by atoms with Gasteiger partial charge in [0, 0.05) is 38.3 Å². The van der Waals surface area contributed by atoms with E-state index < -0.39 is 5.97 Å². The number of carboxylic acids is 1. The van der Waals surface area contributed by atoms with Crippen LogP contribution in [0.1, 0.15) is 19.8 Å². The van der Waals surface area contributed by atoms with Crippen LogP contribution in [0.2, 0.25) is 0 Å². The van der Waals surface area contributed by atoms with Crippen molar-refractivity contribution < 1.29 is 14.7 Å². The van der Waals surface area contributed by atoms with Crippen molar-refractivity contribution in [1.29, 1.82) is 0 Å². The molecule has 1 aromatic rings. The van der Waals surface area contributed by atoms with Crippen LogP contribution in [-0.4, -0.2) is 43.0 Å². The summed E-state index contributed by atoms with van der Waals surface area (Å²) < 4.78 is 0. The van der Waals surface area contributed by atoms with Gasteiger partial charge in [0.15, 0.2) is 0 Å². The van der Waals surface area contributed by atoms with E-state index in [9.17, 15) is 9.59 Å². The number of Topliss-reactive ketones (excluding diaryl/α,β-unsaturated/α-hetero) is 1. The van der Waals surface area contributed by atoms with Gasteiger partial charge in [-0.25, -0.2) is 0 Å². The van der Waals surface area contributed by atoms with Crippen molar-refractivity contribution in [3.63, 3.8) is 0 Å². The minimum absolute atomic E-state index is 0.0463. The molecule has 20 heavy (non-hydrogen) atoms. The first kappa shape index (κ1) is 16.2. The summed E-state index contributed by atoms with van der Waals surface area (Å²) in [5, 5.41) is 11.4. The molecule has 110 valence electrons. The highest BCUT2D eigenvalue weighted by Gasteiger charge is 2.08. The summed E-state index contributed by atoms with van der Waals surface area (Å²) in [6.45, 7) is 5.85. The fourth-order valence-corrected chi connectivity index (χ4v) is 1.84. The number of benzene rings is 1. The van der Waals surface area contributed by atoms with E-state index in [2.05, 4.69) is 40.5 Å². The number of carboxylic acid groups (broad SMARTS) is 1. The number of para-hydroxylation sites is 1. The number of nitrogens with one attached hydrogen (secondary N) is 1. The molecule has 2 rings (SSSR count). The topological polar surface area (TPSA) is 69.6 Å². The highest BCUT2D eigenvalue weighted by Crippen LogP contribution is 2.12. The lowest BCUT2D eigenvalue weighted by Gasteiger charge is -2.29. The van der Waals surface area contributed by atoms with Gasteiger partial charge in [0.25, 0.3) is 0 Å². The van der Waals surface area contributed by atoms with Crippen molar-refractivity contribution >= 4 is 17.4 Å². The van der Waals surface area contributed by atoms with Gasteiger partial charge in [-0.3, -0.25) is 4.79 Å². The van der Waals surface area contributed by atoms with E-state index in [1.54, 1.807) is 0 Å². The average molecular weight is 278 g/mol. The molecule has 1 saturated heterocycles. The number of carbonyl (C=O) groups is 2. The maximum Gasteiger partial charge on any atom is 0.303 e. The largest absolute Gasteiger partial charge is 0.481 e. The maximum atomic E-state index is 10.1. The molecule has 0 spiro atoms. The molecular weight excluding hydrogens is 256 g/mol. The van der Waals surface area contributed by atoms with Crippen LogP contribution >= 0.6 is 0 Å². The molecule has 0 aliphatic carbocycles. The second-order valence-corrected chi connectivity index (χ2v) is 4.67. The Morgan fingerprint density at radius 1 is 1.15 bits per heavy atom. The summed E-state index contributed by atoms with van der Waals surface area (Å²) in [7, 11) is 0. The van der Waals surface area contributed by atoms with E-state index in [1.807, 2.05) is 0 Å². The van der Waals surface area contributed by atoms with Crippen LogP contribution in [0.3, 0.4) is 0 Å². The molecular formula is C15H22N2O3. The minimum atomic E-state index is -0.916. The first-order chi connectivity index (χ1) is 9.59. The molecule has 0 saturated carbocycles. The zero-order chi connectivity index (χ0) is 14.8. The Kier molecular flexibility index (Phi) is 7.35. The first-order valence-corrected chi connectivity index (χ1v) is 6.81. The van der Waals surface area contributed by atoms with E-state index in [4.69, 9.17) is 5.11 Å². The van der Waals surface area contributed by atoms with Gasteiger partial charge in [0.2, 0.25) is 0 Å². The maximum absolute atomic E-state index is 10.1. The van der Waals surface area contributed by atoms with Gasteiger partial charge in [0.05, 0.1) is 6.42 Å². The molecule has 5 heteroatoms. The molecule has 0 atom stereocenters. The van der Waals surface area contributed by atoms with E-state index in [0.29, 0.717) is 0 Å². The molecule has 2 N–H and O–H groups in total. The van der Waals surface area contributed by atoms with Crippen LogP contribution in [0.25, 0.3) is 0 Å². The molecule has 1 fully saturated rings. The molecule has 0 unspecified atom stereocenters.